The van der Waals surface area contributed by atoms with Gasteiger partial charge in [-0.1, -0.05) is 0 Å². The second-order valence-corrected chi connectivity index (χ2v) is 7.84. The van der Waals surface area contributed by atoms with Crippen LogP contribution in [0, 0.1) is 0 Å². The van der Waals surface area contributed by atoms with Crippen molar-refractivity contribution in [2.45, 2.75) is 0 Å². The largest absolute Gasteiger partial charge is 0.673 e. The van der Waals surface area contributed by atoms with Crippen molar-refractivity contribution in [2.75, 3.05) is 25.0 Å². The van der Waals surface area contributed by atoms with Crippen molar-refractivity contribution in [3.8, 4) is 0 Å². The summed E-state index contributed by atoms with van der Waals surface area (Å²) in [6.07, 6.45) is 9.08. The fraction of sp³-hybridized carbons (Fsp3) is 1.00. The Morgan fingerprint density at radius 2 is 0.800 bits per heavy atom. The fourth-order valence-electron chi connectivity index (χ4n) is 0. The van der Waals surface area contributed by atoms with Gasteiger partial charge in [0.2, 0.25) is 0 Å². The topological polar surface area (TPSA) is 0 Å². The molecule has 0 aliphatic rings. The first kappa shape index (κ1) is 12.8. The highest BCUT2D eigenvalue weighted by Gasteiger charge is 2.20. The molecule has 0 aliphatic carbocycles. The van der Waals surface area contributed by atoms with Crippen LogP contribution in [0.1, 0.15) is 0 Å². The minimum atomic E-state index is -6.00. The quantitative estimate of drug-likeness (QED) is 0.396. The lowest BCUT2D eigenvalue weighted by Gasteiger charge is -2.15. The molecular weight excluding hydrogens is 167 g/mol. The Balaban J connectivity index is 0. The maximum Gasteiger partial charge on any atom is 0.673 e. The highest BCUT2D eigenvalue weighted by molar-refractivity contribution is 8.31. The van der Waals surface area contributed by atoms with Gasteiger partial charge in [0.15, 0.2) is 0 Å². The Morgan fingerprint density at radius 1 is 0.800 bits per heavy atom. The molecule has 0 fully saturated rings. The van der Waals surface area contributed by atoms with Crippen molar-refractivity contribution in [1.82, 2.24) is 0 Å². The first-order chi connectivity index (χ1) is 4.00. The molecule has 10 heavy (non-hydrogen) atoms. The van der Waals surface area contributed by atoms with Gasteiger partial charge in [0.05, 0.1) is 0 Å². The van der Waals surface area contributed by atoms with Gasteiger partial charge in [0.25, 0.3) is 0 Å². The molecule has 0 spiro atoms. The van der Waals surface area contributed by atoms with E-state index in [-0.39, 0.29) is 10.0 Å². The van der Waals surface area contributed by atoms with E-state index in [1.54, 1.807) is 0 Å². The number of rotatable bonds is 0. The molecule has 0 amide bonds. The highest BCUT2D eigenvalue weighted by Crippen LogP contribution is 2.27. The van der Waals surface area contributed by atoms with E-state index in [0.29, 0.717) is 0 Å². The molecule has 0 unspecified atom stereocenters. The lowest BCUT2D eigenvalue weighted by Crippen LogP contribution is -2.02. The van der Waals surface area contributed by atoms with Crippen LogP contribution in [0.2, 0.25) is 0 Å². The van der Waals surface area contributed by atoms with E-state index in [4.69, 9.17) is 0 Å². The monoisotopic (exact) mass is 179 g/mol. The van der Waals surface area contributed by atoms with Crippen molar-refractivity contribution >= 4 is 17.3 Å². The predicted octanol–water partition coefficient (Wildman–Crippen LogP) is 2.61. The minimum Gasteiger partial charge on any atom is -0.418 e. The summed E-state index contributed by atoms with van der Waals surface area (Å²) in [4.78, 5) is 0. The summed E-state index contributed by atoms with van der Waals surface area (Å²) in [5.41, 5.74) is 0. The molecule has 0 aromatic heterocycles. The van der Waals surface area contributed by atoms with Crippen LogP contribution in [0.15, 0.2) is 0 Å². The number of halogens is 4. The SMILES string of the molecule is CS(C)(C)C.F[B-](F)(F)F. The van der Waals surface area contributed by atoms with Crippen LogP contribution < -0.4 is 0 Å². The zero-order valence-corrected chi connectivity index (χ0v) is 7.31. The van der Waals surface area contributed by atoms with Crippen molar-refractivity contribution < 1.29 is 17.3 Å². The Kier molecular flexibility index (Phi) is 5.25. The van der Waals surface area contributed by atoms with E-state index in [1.807, 2.05) is 0 Å². The van der Waals surface area contributed by atoms with Gasteiger partial charge in [-0.25, -0.2) is 0 Å². The molecule has 0 saturated carbocycles. The van der Waals surface area contributed by atoms with Gasteiger partial charge in [0, 0.05) is 0 Å². The molecule has 66 valence electrons. The van der Waals surface area contributed by atoms with Gasteiger partial charge in [-0.2, -0.15) is 0 Å². The Hall–Kier alpha value is 0.135. The lowest BCUT2D eigenvalue weighted by molar-refractivity contribution is 0.368. The summed E-state index contributed by atoms with van der Waals surface area (Å²) in [7, 11) is -6.17. The first-order valence-electron chi connectivity index (χ1n) is 2.51. The van der Waals surface area contributed by atoms with Crippen LogP contribution in [0.4, 0.5) is 17.3 Å². The molecule has 0 N–H and O–H groups in total. The molecular formula is C4H12BF4S-. The smallest absolute Gasteiger partial charge is 0.418 e. The summed E-state index contributed by atoms with van der Waals surface area (Å²) < 4.78 is 39.0. The normalized spacial score (nSPS) is 13.6. The Bertz CT molecular complexity index is 60.2. The van der Waals surface area contributed by atoms with E-state index in [0.717, 1.165) is 0 Å². The average molecular weight is 179 g/mol. The van der Waals surface area contributed by atoms with Crippen molar-refractivity contribution in [2.24, 2.45) is 0 Å². The first-order valence-corrected chi connectivity index (χ1v) is 5.77. The van der Waals surface area contributed by atoms with E-state index >= 15 is 0 Å². The maximum absolute atomic E-state index is 9.75. The molecule has 0 saturated heterocycles. The van der Waals surface area contributed by atoms with Crippen molar-refractivity contribution in [3.05, 3.63) is 0 Å². The molecule has 6 heteroatoms. The van der Waals surface area contributed by atoms with Gasteiger partial charge in [-0.05, 0) is 25.0 Å². The molecule has 0 nitrogen and oxygen atoms in total. The van der Waals surface area contributed by atoms with Crippen molar-refractivity contribution in [1.29, 1.82) is 0 Å². The van der Waals surface area contributed by atoms with Crippen LogP contribution in [0.5, 0.6) is 0 Å². The summed E-state index contributed by atoms with van der Waals surface area (Å²) >= 11 is 0. The summed E-state index contributed by atoms with van der Waals surface area (Å²) in [5.74, 6) is 0. The molecule has 0 aliphatic heterocycles. The maximum atomic E-state index is 9.75. The average Bonchev–Trinajstić information content (AvgIpc) is 1.12. The fourth-order valence-corrected chi connectivity index (χ4v) is 0. The standard InChI is InChI=1S/C4H12S.BF4/c1-5(2,3)4;2-1(3,4)5/h1-4H3;/q;-1. The number of hydrogen-bond acceptors (Lipinski definition) is 0. The molecule has 0 atom stereocenters. The summed E-state index contributed by atoms with van der Waals surface area (Å²) in [6.45, 7) is 0. The summed E-state index contributed by atoms with van der Waals surface area (Å²) in [5, 5.41) is 0. The third-order valence-corrected chi connectivity index (χ3v) is 0. The van der Waals surface area contributed by atoms with Crippen LogP contribution in [-0.4, -0.2) is 32.3 Å². The van der Waals surface area contributed by atoms with E-state index in [1.165, 1.54) is 0 Å². The molecule has 0 aromatic rings. The Morgan fingerprint density at radius 3 is 0.800 bits per heavy atom. The molecule has 0 radical (unpaired) electrons. The molecule has 0 heterocycles. The van der Waals surface area contributed by atoms with Gasteiger partial charge < -0.3 is 17.3 Å². The van der Waals surface area contributed by atoms with Crippen LogP contribution >= 0.6 is 10.0 Å². The third kappa shape index (κ3) is 22700. The Labute approximate surface area is 60.4 Å². The highest BCUT2D eigenvalue weighted by atomic mass is 32.3. The van der Waals surface area contributed by atoms with E-state index in [2.05, 4.69) is 25.0 Å². The molecule has 0 bridgehead atoms. The lowest BCUT2D eigenvalue weighted by atomic mass is 10.3. The molecule has 0 rings (SSSR count). The van der Waals surface area contributed by atoms with Gasteiger partial charge in [-0.15, -0.1) is 0 Å². The van der Waals surface area contributed by atoms with Crippen LogP contribution in [0.3, 0.4) is 0 Å². The van der Waals surface area contributed by atoms with Gasteiger partial charge in [0.1, 0.15) is 0 Å². The van der Waals surface area contributed by atoms with Crippen LogP contribution in [0.25, 0.3) is 0 Å². The number of hydrogen-bond donors (Lipinski definition) is 0. The van der Waals surface area contributed by atoms with Gasteiger partial charge >= 0.3 is 7.25 Å². The molecule has 0 aromatic carbocycles. The van der Waals surface area contributed by atoms with E-state index in [9.17, 15) is 17.3 Å². The third-order valence-electron chi connectivity index (χ3n) is 0. The second kappa shape index (κ2) is 4.11. The van der Waals surface area contributed by atoms with E-state index < -0.39 is 7.25 Å². The predicted molar refractivity (Wildman–Crippen MR) is 41.5 cm³/mol. The van der Waals surface area contributed by atoms with Gasteiger partial charge in [-0.3, -0.25) is 10.0 Å². The van der Waals surface area contributed by atoms with Crippen molar-refractivity contribution in [3.63, 3.8) is 0 Å². The summed E-state index contributed by atoms with van der Waals surface area (Å²) in [6, 6.07) is 0. The zero-order chi connectivity index (χ0) is 9.00. The minimum absolute atomic E-state index is 0.167. The van der Waals surface area contributed by atoms with Crippen LogP contribution in [-0.2, 0) is 0 Å². The zero-order valence-electron chi connectivity index (χ0n) is 6.50. The second-order valence-electron chi connectivity index (χ2n) is 2.94.